The summed E-state index contributed by atoms with van der Waals surface area (Å²) in [4.78, 5) is 28.8. The fourth-order valence-corrected chi connectivity index (χ4v) is 3.75. The number of benzene rings is 1. The third-order valence-electron chi connectivity index (χ3n) is 5.20. The number of fused-ring (bicyclic) bond motifs is 1. The van der Waals surface area contributed by atoms with E-state index in [-0.39, 0.29) is 30.0 Å². The smallest absolute Gasteiger partial charge is 0.233 e. The molecule has 162 valence electrons. The van der Waals surface area contributed by atoms with Crippen LogP contribution in [0, 0.1) is 18.7 Å². The van der Waals surface area contributed by atoms with Crippen molar-refractivity contribution >= 4 is 29.6 Å². The van der Waals surface area contributed by atoms with Gasteiger partial charge in [-0.2, -0.15) is 5.10 Å². The molecule has 10 heteroatoms. The number of nitrogens with zero attached hydrogens (tertiary/aromatic N) is 3. The fourth-order valence-electron chi connectivity index (χ4n) is 3.57. The van der Waals surface area contributed by atoms with Crippen LogP contribution in [0.15, 0.2) is 18.2 Å². The molecule has 0 spiro atoms. The molecule has 2 N–H and O–H groups in total. The van der Waals surface area contributed by atoms with E-state index in [9.17, 15) is 19.1 Å². The maximum atomic E-state index is 13.3. The van der Waals surface area contributed by atoms with Gasteiger partial charge < -0.3 is 10.4 Å². The Balaban J connectivity index is 1.68. The van der Waals surface area contributed by atoms with Crippen molar-refractivity contribution in [3.63, 3.8) is 0 Å². The normalized spacial score (nSPS) is 16.6. The number of hydrogen-bond acceptors (Lipinski definition) is 5. The van der Waals surface area contributed by atoms with Gasteiger partial charge in [-0.3, -0.25) is 19.1 Å². The molecule has 3 rings (SSSR count). The second-order valence-electron chi connectivity index (χ2n) is 7.31. The van der Waals surface area contributed by atoms with Crippen LogP contribution in [0.2, 0.25) is 5.02 Å². The van der Waals surface area contributed by atoms with Gasteiger partial charge in [0, 0.05) is 24.3 Å². The highest BCUT2D eigenvalue weighted by Gasteiger charge is 2.29. The number of aliphatic hydroxyl groups excluding tert-OH is 1. The number of rotatable bonds is 8. The fraction of sp³-hybridized carbons (Fsp3) is 0.450. The predicted octanol–water partition coefficient (Wildman–Crippen LogP) is 2.11. The molecule has 0 radical (unpaired) electrons. The lowest BCUT2D eigenvalue weighted by molar-refractivity contribution is -0.192. The predicted molar refractivity (Wildman–Crippen MR) is 108 cm³/mol. The van der Waals surface area contributed by atoms with Gasteiger partial charge >= 0.3 is 0 Å². The summed E-state index contributed by atoms with van der Waals surface area (Å²) < 4.78 is 15.1. The summed E-state index contributed by atoms with van der Waals surface area (Å²) in [6.07, 6.45) is 1.70. The van der Waals surface area contributed by atoms with Crippen LogP contribution >= 0.6 is 11.6 Å². The first-order valence-electron chi connectivity index (χ1n) is 9.59. The number of aliphatic hydroxyl groups is 1. The van der Waals surface area contributed by atoms with E-state index in [0.29, 0.717) is 31.4 Å². The van der Waals surface area contributed by atoms with E-state index in [1.807, 2.05) is 6.92 Å². The first-order valence-corrected chi connectivity index (χ1v) is 9.97. The maximum Gasteiger partial charge on any atom is 0.233 e. The lowest BCUT2D eigenvalue weighted by atomic mass is 9.86. The summed E-state index contributed by atoms with van der Waals surface area (Å²) in [6.45, 7) is 1.91. The van der Waals surface area contributed by atoms with Crippen molar-refractivity contribution in [3.8, 4) is 0 Å². The van der Waals surface area contributed by atoms with Crippen LogP contribution in [0.3, 0.4) is 0 Å². The molecule has 0 saturated carbocycles. The third-order valence-corrected chi connectivity index (χ3v) is 5.49. The van der Waals surface area contributed by atoms with Gasteiger partial charge in [0.2, 0.25) is 12.3 Å². The van der Waals surface area contributed by atoms with E-state index >= 15 is 0 Å². The molecule has 0 saturated heterocycles. The average Bonchev–Trinajstić information content (AvgIpc) is 3.04. The Morgan fingerprint density at radius 1 is 1.57 bits per heavy atom. The summed E-state index contributed by atoms with van der Waals surface area (Å²) in [7, 11) is 1.45. The number of anilines is 1. The Morgan fingerprint density at radius 2 is 2.33 bits per heavy atom. The van der Waals surface area contributed by atoms with Crippen molar-refractivity contribution in [1.82, 2.24) is 14.8 Å². The summed E-state index contributed by atoms with van der Waals surface area (Å²) in [5.74, 6) is -0.937. The van der Waals surface area contributed by atoms with E-state index in [2.05, 4.69) is 10.4 Å². The minimum absolute atomic E-state index is 0.0447. The molecule has 2 amide bonds. The van der Waals surface area contributed by atoms with Gasteiger partial charge in [-0.15, -0.1) is 0 Å². The summed E-state index contributed by atoms with van der Waals surface area (Å²) in [5.41, 5.74) is 3.26. The third kappa shape index (κ3) is 4.97. The molecule has 1 aromatic heterocycles. The molecule has 0 bridgehead atoms. The second kappa shape index (κ2) is 9.55. The average molecular weight is 439 g/mol. The SMILES string of the molecule is Cc1c2c(nn1CC(CO)ON(C)C=O)CCC(C(=O)Nc1ccc(F)c(Cl)c1)C2. The minimum Gasteiger partial charge on any atom is -0.393 e. The Labute approximate surface area is 178 Å². The van der Waals surface area contributed by atoms with Crippen molar-refractivity contribution in [1.29, 1.82) is 0 Å². The quantitative estimate of drug-likeness (QED) is 0.486. The molecule has 2 atom stereocenters. The molecule has 2 unspecified atom stereocenters. The number of hydroxylamine groups is 2. The molecule has 1 heterocycles. The largest absolute Gasteiger partial charge is 0.393 e. The highest BCUT2D eigenvalue weighted by molar-refractivity contribution is 6.31. The Morgan fingerprint density at radius 3 is 3.00 bits per heavy atom. The van der Waals surface area contributed by atoms with Crippen molar-refractivity contribution in [2.45, 2.75) is 38.8 Å². The van der Waals surface area contributed by atoms with Crippen LogP contribution in [-0.4, -0.2) is 52.0 Å². The number of carbonyl (C=O) groups is 2. The highest BCUT2D eigenvalue weighted by atomic mass is 35.5. The zero-order valence-corrected chi connectivity index (χ0v) is 17.5. The van der Waals surface area contributed by atoms with Crippen molar-refractivity contribution < 1.29 is 23.9 Å². The molecule has 1 aliphatic carbocycles. The van der Waals surface area contributed by atoms with Gasteiger partial charge in [0.05, 0.1) is 23.9 Å². The van der Waals surface area contributed by atoms with Crippen molar-refractivity contribution in [2.75, 3.05) is 19.0 Å². The molecule has 0 fully saturated rings. The topological polar surface area (TPSA) is 96.7 Å². The van der Waals surface area contributed by atoms with Gasteiger partial charge in [0.15, 0.2) is 0 Å². The van der Waals surface area contributed by atoms with E-state index in [4.69, 9.17) is 16.4 Å². The summed E-state index contributed by atoms with van der Waals surface area (Å²) >= 11 is 5.78. The van der Waals surface area contributed by atoms with Crippen LogP contribution in [0.1, 0.15) is 23.4 Å². The number of nitrogens with one attached hydrogen (secondary N) is 1. The van der Waals surface area contributed by atoms with Gasteiger partial charge in [0.25, 0.3) is 0 Å². The standard InChI is InChI=1S/C20H24ClFN4O4/c1-12-16-7-13(20(29)23-14-4-5-18(22)17(21)8-14)3-6-19(16)24-26(12)9-15(10-27)30-25(2)11-28/h4-5,8,11,13,15,27H,3,6-7,9-10H2,1-2H3,(H,23,29). The van der Waals surface area contributed by atoms with Crippen LogP contribution in [0.4, 0.5) is 10.1 Å². The zero-order chi connectivity index (χ0) is 21.8. The maximum absolute atomic E-state index is 13.3. The number of aromatic nitrogens is 2. The molecule has 30 heavy (non-hydrogen) atoms. The number of carbonyl (C=O) groups excluding carboxylic acids is 2. The van der Waals surface area contributed by atoms with E-state index in [1.54, 1.807) is 4.68 Å². The van der Waals surface area contributed by atoms with Crippen LogP contribution < -0.4 is 5.32 Å². The number of hydrogen-bond donors (Lipinski definition) is 2. The lowest BCUT2D eigenvalue weighted by Crippen LogP contribution is -2.32. The molecule has 0 aliphatic heterocycles. The summed E-state index contributed by atoms with van der Waals surface area (Å²) in [5, 5.41) is 17.9. The van der Waals surface area contributed by atoms with Gasteiger partial charge in [0.1, 0.15) is 11.9 Å². The number of halogens is 2. The van der Waals surface area contributed by atoms with E-state index in [1.165, 1.54) is 25.2 Å². The van der Waals surface area contributed by atoms with E-state index < -0.39 is 11.9 Å². The van der Waals surface area contributed by atoms with Crippen LogP contribution in [0.5, 0.6) is 0 Å². The first kappa shape index (κ1) is 22.2. The molecular weight excluding hydrogens is 415 g/mol. The molecule has 8 nitrogen and oxygen atoms in total. The monoisotopic (exact) mass is 438 g/mol. The van der Waals surface area contributed by atoms with Gasteiger partial charge in [-0.05, 0) is 49.9 Å². The molecule has 1 aliphatic rings. The Hall–Kier alpha value is -2.49. The molecule has 1 aromatic carbocycles. The molecule has 2 aromatic rings. The van der Waals surface area contributed by atoms with Crippen molar-refractivity contribution in [3.05, 3.63) is 46.0 Å². The van der Waals surface area contributed by atoms with Crippen LogP contribution in [0.25, 0.3) is 0 Å². The van der Waals surface area contributed by atoms with Gasteiger partial charge in [-0.1, -0.05) is 11.6 Å². The molecular formula is C20H24ClFN4O4. The Bertz CT molecular complexity index is 936. The van der Waals surface area contributed by atoms with Crippen molar-refractivity contribution in [2.24, 2.45) is 5.92 Å². The minimum atomic E-state index is -0.623. The lowest BCUT2D eigenvalue weighted by Gasteiger charge is -2.21. The number of aryl methyl sites for hydroxylation is 1. The second-order valence-corrected chi connectivity index (χ2v) is 7.72. The van der Waals surface area contributed by atoms with E-state index in [0.717, 1.165) is 22.0 Å². The number of amides is 2. The van der Waals surface area contributed by atoms with Crippen LogP contribution in [-0.2, 0) is 33.8 Å². The highest BCUT2D eigenvalue weighted by Crippen LogP contribution is 2.29. The Kier molecular flexibility index (Phi) is 7.06. The summed E-state index contributed by atoms with van der Waals surface area (Å²) in [6, 6.07) is 4.08. The first-order chi connectivity index (χ1) is 14.3. The van der Waals surface area contributed by atoms with Gasteiger partial charge in [-0.25, -0.2) is 9.45 Å². The zero-order valence-electron chi connectivity index (χ0n) is 16.8.